The summed E-state index contributed by atoms with van der Waals surface area (Å²) in [5.41, 5.74) is 0.525. The Morgan fingerprint density at radius 3 is 2.71 bits per heavy atom. The first-order valence-corrected chi connectivity index (χ1v) is 5.81. The molecule has 0 bridgehead atoms. The molecule has 3 N–H and O–H groups in total. The number of nitrogens with one attached hydrogen (secondary N) is 2. The zero-order chi connectivity index (χ0) is 12.8. The molecule has 6 heteroatoms. The molecule has 0 saturated carbocycles. The van der Waals surface area contributed by atoms with E-state index in [2.05, 4.69) is 26.6 Å². The van der Waals surface area contributed by atoms with Gasteiger partial charge in [0.25, 0.3) is 0 Å². The van der Waals surface area contributed by atoms with Crippen molar-refractivity contribution in [2.75, 3.05) is 11.9 Å². The van der Waals surface area contributed by atoms with Gasteiger partial charge in [-0.25, -0.2) is 0 Å². The number of halogens is 1. The van der Waals surface area contributed by atoms with E-state index in [0.717, 1.165) is 4.47 Å². The molecular formula is C11H13BrN2O3. The van der Waals surface area contributed by atoms with E-state index in [1.165, 1.54) is 6.92 Å². The van der Waals surface area contributed by atoms with Crippen molar-refractivity contribution in [1.82, 2.24) is 5.32 Å². The fourth-order valence-electron chi connectivity index (χ4n) is 1.07. The number of aliphatic hydroxyl groups excluding tert-OH is 1. The Labute approximate surface area is 107 Å². The third kappa shape index (κ3) is 4.97. The largest absolute Gasteiger partial charge is 0.392 e. The Bertz CT molecular complexity index is 421. The van der Waals surface area contributed by atoms with E-state index in [1.807, 2.05) is 6.07 Å². The van der Waals surface area contributed by atoms with Crippen LogP contribution in [0.3, 0.4) is 0 Å². The highest BCUT2D eigenvalue weighted by molar-refractivity contribution is 9.10. The third-order valence-electron chi connectivity index (χ3n) is 1.85. The quantitative estimate of drug-likeness (QED) is 0.725. The molecule has 1 aromatic rings. The first-order chi connectivity index (χ1) is 7.99. The lowest BCUT2D eigenvalue weighted by molar-refractivity contribution is -0.136. The second-order valence-corrected chi connectivity index (χ2v) is 4.44. The normalized spacial score (nSPS) is 11.7. The van der Waals surface area contributed by atoms with Crippen molar-refractivity contribution in [3.8, 4) is 0 Å². The molecule has 0 aliphatic rings. The van der Waals surface area contributed by atoms with E-state index in [0.29, 0.717) is 5.69 Å². The minimum Gasteiger partial charge on any atom is -0.392 e. The van der Waals surface area contributed by atoms with Crippen LogP contribution in [0.5, 0.6) is 0 Å². The molecule has 0 aromatic heterocycles. The SMILES string of the molecule is C[C@H](O)CNC(=O)C(=O)Nc1cccc(Br)c1. The van der Waals surface area contributed by atoms with E-state index >= 15 is 0 Å². The van der Waals surface area contributed by atoms with Crippen LogP contribution in [0.15, 0.2) is 28.7 Å². The van der Waals surface area contributed by atoms with Gasteiger partial charge in [-0.1, -0.05) is 22.0 Å². The molecular weight excluding hydrogens is 288 g/mol. The van der Waals surface area contributed by atoms with E-state index in [1.54, 1.807) is 18.2 Å². The minimum absolute atomic E-state index is 0.0464. The van der Waals surface area contributed by atoms with Crippen molar-refractivity contribution in [2.45, 2.75) is 13.0 Å². The van der Waals surface area contributed by atoms with Crippen LogP contribution in [0.2, 0.25) is 0 Å². The standard InChI is InChI=1S/C11H13BrN2O3/c1-7(15)6-13-10(16)11(17)14-9-4-2-3-8(12)5-9/h2-5,7,15H,6H2,1H3,(H,13,16)(H,14,17)/t7-/m0/s1. The topological polar surface area (TPSA) is 78.4 Å². The second-order valence-electron chi connectivity index (χ2n) is 3.52. The summed E-state index contributed by atoms with van der Waals surface area (Å²) in [7, 11) is 0. The number of hydrogen-bond donors (Lipinski definition) is 3. The average Bonchev–Trinajstić information content (AvgIpc) is 2.25. The van der Waals surface area contributed by atoms with Crippen molar-refractivity contribution in [3.05, 3.63) is 28.7 Å². The Morgan fingerprint density at radius 2 is 2.12 bits per heavy atom. The van der Waals surface area contributed by atoms with Crippen molar-refractivity contribution in [2.24, 2.45) is 0 Å². The van der Waals surface area contributed by atoms with Crippen LogP contribution < -0.4 is 10.6 Å². The van der Waals surface area contributed by atoms with Gasteiger partial charge in [-0.05, 0) is 25.1 Å². The van der Waals surface area contributed by atoms with Gasteiger partial charge in [-0.2, -0.15) is 0 Å². The zero-order valence-electron chi connectivity index (χ0n) is 9.24. The molecule has 2 amide bonds. The zero-order valence-corrected chi connectivity index (χ0v) is 10.8. The van der Waals surface area contributed by atoms with Crippen LogP contribution in [0.4, 0.5) is 5.69 Å². The molecule has 0 radical (unpaired) electrons. The van der Waals surface area contributed by atoms with E-state index < -0.39 is 17.9 Å². The molecule has 0 heterocycles. The third-order valence-corrected chi connectivity index (χ3v) is 2.34. The summed E-state index contributed by atoms with van der Waals surface area (Å²) in [6.45, 7) is 1.57. The summed E-state index contributed by atoms with van der Waals surface area (Å²) < 4.78 is 0.805. The molecule has 0 fully saturated rings. The van der Waals surface area contributed by atoms with Gasteiger partial charge < -0.3 is 15.7 Å². The van der Waals surface area contributed by atoms with Crippen molar-refractivity contribution >= 4 is 33.4 Å². The van der Waals surface area contributed by atoms with Crippen LogP contribution in [-0.4, -0.2) is 29.6 Å². The summed E-state index contributed by atoms with van der Waals surface area (Å²) in [6, 6.07) is 6.90. The number of hydrogen-bond acceptors (Lipinski definition) is 3. The van der Waals surface area contributed by atoms with Gasteiger partial charge in [0, 0.05) is 16.7 Å². The van der Waals surface area contributed by atoms with Gasteiger partial charge in [-0.15, -0.1) is 0 Å². The summed E-state index contributed by atoms with van der Waals surface area (Å²) >= 11 is 3.25. The number of amides is 2. The molecule has 1 aromatic carbocycles. The van der Waals surface area contributed by atoms with E-state index in [4.69, 9.17) is 5.11 Å². The predicted molar refractivity (Wildman–Crippen MR) is 67.5 cm³/mol. The monoisotopic (exact) mass is 300 g/mol. The molecule has 92 valence electrons. The van der Waals surface area contributed by atoms with Crippen LogP contribution in [0, 0.1) is 0 Å². The van der Waals surface area contributed by atoms with E-state index in [9.17, 15) is 9.59 Å². The smallest absolute Gasteiger partial charge is 0.313 e. The maximum atomic E-state index is 11.4. The molecule has 0 aliphatic heterocycles. The summed E-state index contributed by atoms with van der Waals surface area (Å²) in [5, 5.41) is 13.7. The number of carbonyl (C=O) groups is 2. The molecule has 1 rings (SSSR count). The summed E-state index contributed by atoms with van der Waals surface area (Å²) in [5.74, 6) is -1.53. The maximum Gasteiger partial charge on any atom is 0.313 e. The van der Waals surface area contributed by atoms with Crippen molar-refractivity contribution < 1.29 is 14.7 Å². The van der Waals surface area contributed by atoms with Crippen LogP contribution in [-0.2, 0) is 9.59 Å². The molecule has 0 aliphatic carbocycles. The lowest BCUT2D eigenvalue weighted by atomic mass is 10.3. The lowest BCUT2D eigenvalue weighted by Gasteiger charge is -2.07. The molecule has 0 saturated heterocycles. The van der Waals surface area contributed by atoms with E-state index in [-0.39, 0.29) is 6.54 Å². The van der Waals surface area contributed by atoms with Crippen LogP contribution >= 0.6 is 15.9 Å². The van der Waals surface area contributed by atoms with Crippen molar-refractivity contribution in [3.63, 3.8) is 0 Å². The molecule has 17 heavy (non-hydrogen) atoms. The highest BCUT2D eigenvalue weighted by Crippen LogP contribution is 2.15. The number of carbonyl (C=O) groups excluding carboxylic acids is 2. The fourth-order valence-corrected chi connectivity index (χ4v) is 1.47. The first-order valence-electron chi connectivity index (χ1n) is 5.02. The number of anilines is 1. The van der Waals surface area contributed by atoms with Gasteiger partial charge in [-0.3, -0.25) is 9.59 Å². The molecule has 0 spiro atoms. The summed E-state index contributed by atoms with van der Waals surface area (Å²) in [6.07, 6.45) is -0.683. The highest BCUT2D eigenvalue weighted by atomic mass is 79.9. The minimum atomic E-state index is -0.772. The Kier molecular flexibility index (Phi) is 5.11. The van der Waals surface area contributed by atoms with Gasteiger partial charge in [0.1, 0.15) is 0 Å². The average molecular weight is 301 g/mol. The van der Waals surface area contributed by atoms with Gasteiger partial charge >= 0.3 is 11.8 Å². The highest BCUT2D eigenvalue weighted by Gasteiger charge is 2.13. The van der Waals surface area contributed by atoms with Gasteiger partial charge in [0.05, 0.1) is 6.10 Å². The second kappa shape index (κ2) is 6.36. The maximum absolute atomic E-state index is 11.4. The van der Waals surface area contributed by atoms with Crippen LogP contribution in [0.1, 0.15) is 6.92 Å². The predicted octanol–water partition coefficient (Wildman–Crippen LogP) is 0.885. The van der Waals surface area contributed by atoms with Gasteiger partial charge in [0.15, 0.2) is 0 Å². The Hall–Kier alpha value is -1.40. The molecule has 1 atom stereocenters. The number of rotatable bonds is 3. The number of aliphatic hydroxyl groups is 1. The van der Waals surface area contributed by atoms with Crippen molar-refractivity contribution in [1.29, 1.82) is 0 Å². The lowest BCUT2D eigenvalue weighted by Crippen LogP contribution is -2.38. The van der Waals surface area contributed by atoms with Gasteiger partial charge in [0.2, 0.25) is 0 Å². The first kappa shape index (κ1) is 13.7. The Morgan fingerprint density at radius 1 is 1.41 bits per heavy atom. The summed E-state index contributed by atoms with van der Waals surface area (Å²) in [4.78, 5) is 22.7. The molecule has 0 unspecified atom stereocenters. The van der Waals surface area contributed by atoms with Crippen LogP contribution in [0.25, 0.3) is 0 Å². The number of benzene rings is 1. The Balaban J connectivity index is 2.51. The molecule has 5 nitrogen and oxygen atoms in total. The fraction of sp³-hybridized carbons (Fsp3) is 0.273.